The van der Waals surface area contributed by atoms with Gasteiger partial charge in [0, 0.05) is 44.2 Å². The van der Waals surface area contributed by atoms with Gasteiger partial charge in [-0.25, -0.2) is 0 Å². The number of para-hydroxylation sites is 4. The summed E-state index contributed by atoms with van der Waals surface area (Å²) >= 11 is 0. The van der Waals surface area contributed by atoms with Gasteiger partial charge in [0.2, 0.25) is 0 Å². The van der Waals surface area contributed by atoms with E-state index in [1.807, 2.05) is 12.1 Å². The van der Waals surface area contributed by atoms with Crippen molar-refractivity contribution in [2.24, 2.45) is 0 Å². The molecule has 0 aliphatic heterocycles. The molecule has 0 unspecified atom stereocenters. The molecule has 0 N–H and O–H groups in total. The van der Waals surface area contributed by atoms with Crippen molar-refractivity contribution in [2.75, 3.05) is 4.90 Å². The fourth-order valence-electron chi connectivity index (χ4n) is 9.48. The molecular formula is C60H40N2O. The van der Waals surface area contributed by atoms with Gasteiger partial charge in [0.05, 0.1) is 16.7 Å². The number of rotatable bonds is 8. The van der Waals surface area contributed by atoms with Gasteiger partial charge >= 0.3 is 0 Å². The molecule has 0 saturated heterocycles. The summed E-state index contributed by atoms with van der Waals surface area (Å²) in [7, 11) is 0. The Kier molecular flexibility index (Phi) is 8.83. The van der Waals surface area contributed by atoms with Gasteiger partial charge in [0.1, 0.15) is 11.2 Å². The molecule has 3 heteroatoms. The molecule has 63 heavy (non-hydrogen) atoms. The van der Waals surface area contributed by atoms with Crippen molar-refractivity contribution in [1.29, 1.82) is 0 Å². The van der Waals surface area contributed by atoms with E-state index in [2.05, 4.69) is 240 Å². The number of furan rings is 1. The van der Waals surface area contributed by atoms with Gasteiger partial charge in [-0.1, -0.05) is 170 Å². The summed E-state index contributed by atoms with van der Waals surface area (Å²) in [5.41, 5.74) is 17.8. The fraction of sp³-hybridized carbons (Fsp3) is 0. The molecule has 0 aliphatic carbocycles. The maximum absolute atomic E-state index is 6.38. The largest absolute Gasteiger partial charge is 0.456 e. The fourth-order valence-corrected chi connectivity index (χ4v) is 9.48. The number of hydrogen-bond acceptors (Lipinski definition) is 2. The van der Waals surface area contributed by atoms with Crippen molar-refractivity contribution in [3.8, 4) is 50.2 Å². The summed E-state index contributed by atoms with van der Waals surface area (Å²) in [4.78, 5) is 2.39. The van der Waals surface area contributed by atoms with Crippen molar-refractivity contribution in [1.82, 2.24) is 4.57 Å². The third kappa shape index (κ3) is 6.38. The Labute approximate surface area is 366 Å². The predicted molar refractivity (Wildman–Crippen MR) is 264 cm³/mol. The number of fused-ring (bicyclic) bond motifs is 6. The summed E-state index contributed by atoms with van der Waals surface area (Å²) in [5, 5.41) is 4.76. The Bertz CT molecular complexity index is 3580. The molecule has 0 radical (unpaired) electrons. The van der Waals surface area contributed by atoms with E-state index in [1.165, 1.54) is 38.5 Å². The van der Waals surface area contributed by atoms with Crippen molar-refractivity contribution >= 4 is 60.8 Å². The molecule has 3 nitrogen and oxygen atoms in total. The van der Waals surface area contributed by atoms with Gasteiger partial charge < -0.3 is 13.9 Å². The molecule has 12 aromatic rings. The molecule has 0 saturated carbocycles. The zero-order valence-corrected chi connectivity index (χ0v) is 34.4. The maximum atomic E-state index is 6.38. The van der Waals surface area contributed by atoms with Crippen LogP contribution in [0.3, 0.4) is 0 Å². The Morgan fingerprint density at radius 1 is 0.317 bits per heavy atom. The lowest BCUT2D eigenvalue weighted by Crippen LogP contribution is -2.11. The molecule has 0 aliphatic rings. The number of hydrogen-bond donors (Lipinski definition) is 0. The number of anilines is 3. The van der Waals surface area contributed by atoms with E-state index in [-0.39, 0.29) is 0 Å². The first-order valence-electron chi connectivity index (χ1n) is 21.5. The van der Waals surface area contributed by atoms with Crippen LogP contribution < -0.4 is 4.90 Å². The second kappa shape index (κ2) is 15.3. The standard InChI is InChI=1S/C60H40N2O/c1-2-16-41(17-3-1)45-20-13-22-48(39-45)61(55-29-8-6-26-52(55)53-28-15-33-59-60(53)54-27-7-11-32-58(54)63-59)47-36-34-42(35-37-47)43-18-12-19-44(38-43)46-21-14-23-49(40-46)62-56-30-9-4-24-50(56)51-25-5-10-31-57(51)62/h1-40H. The van der Waals surface area contributed by atoms with E-state index >= 15 is 0 Å². The Balaban J connectivity index is 0.953. The molecule has 0 atom stereocenters. The number of nitrogens with zero attached hydrogens (tertiary/aromatic N) is 2. The Morgan fingerprint density at radius 3 is 1.62 bits per heavy atom. The highest BCUT2D eigenvalue weighted by Gasteiger charge is 2.21. The van der Waals surface area contributed by atoms with E-state index in [4.69, 9.17) is 4.42 Å². The van der Waals surface area contributed by atoms with Crippen molar-refractivity contribution in [2.45, 2.75) is 0 Å². The average molecular weight is 805 g/mol. The van der Waals surface area contributed by atoms with Crippen molar-refractivity contribution in [3.63, 3.8) is 0 Å². The first-order chi connectivity index (χ1) is 31.2. The molecule has 12 rings (SSSR count). The third-order valence-electron chi connectivity index (χ3n) is 12.4. The maximum Gasteiger partial charge on any atom is 0.136 e. The van der Waals surface area contributed by atoms with Gasteiger partial charge in [0.25, 0.3) is 0 Å². The van der Waals surface area contributed by atoms with Crippen LogP contribution in [-0.2, 0) is 0 Å². The lowest BCUT2D eigenvalue weighted by molar-refractivity contribution is 0.669. The van der Waals surface area contributed by atoms with Crippen molar-refractivity contribution < 1.29 is 4.42 Å². The summed E-state index contributed by atoms with van der Waals surface area (Å²) < 4.78 is 8.76. The minimum absolute atomic E-state index is 0.881. The summed E-state index contributed by atoms with van der Waals surface area (Å²) in [6, 6.07) is 87.1. The van der Waals surface area contributed by atoms with E-state index in [9.17, 15) is 0 Å². The first-order valence-corrected chi connectivity index (χ1v) is 21.5. The molecule has 2 aromatic heterocycles. The van der Waals surface area contributed by atoms with Crippen LogP contribution in [0, 0.1) is 0 Å². The summed E-state index contributed by atoms with van der Waals surface area (Å²) in [6.07, 6.45) is 0. The molecule has 0 fully saturated rings. The number of benzene rings is 10. The smallest absolute Gasteiger partial charge is 0.136 e. The molecular weight excluding hydrogens is 765 g/mol. The second-order valence-corrected chi connectivity index (χ2v) is 16.1. The van der Waals surface area contributed by atoms with Crippen LogP contribution in [0.2, 0.25) is 0 Å². The molecule has 2 heterocycles. The van der Waals surface area contributed by atoms with Gasteiger partial charge in [-0.05, 0) is 112 Å². The van der Waals surface area contributed by atoms with E-state index < -0.39 is 0 Å². The zero-order valence-electron chi connectivity index (χ0n) is 34.4. The summed E-state index contributed by atoms with van der Waals surface area (Å²) in [6.45, 7) is 0. The second-order valence-electron chi connectivity index (χ2n) is 16.1. The van der Waals surface area contributed by atoms with Crippen LogP contribution in [0.5, 0.6) is 0 Å². The van der Waals surface area contributed by atoms with E-state index in [0.29, 0.717) is 0 Å². The van der Waals surface area contributed by atoms with Crippen LogP contribution in [0.15, 0.2) is 247 Å². The molecule has 10 aromatic carbocycles. The SMILES string of the molecule is c1ccc(-c2cccc(N(c3ccc(-c4cccc(-c5cccc(-n6c7ccccc7c7ccccc76)c5)c4)cc3)c3ccccc3-c3cccc4oc5ccccc5c34)c2)cc1. The van der Waals surface area contributed by atoms with Gasteiger partial charge in [0.15, 0.2) is 0 Å². The lowest BCUT2D eigenvalue weighted by Gasteiger charge is -2.28. The van der Waals surface area contributed by atoms with E-state index in [1.54, 1.807) is 0 Å². The normalized spacial score (nSPS) is 11.5. The summed E-state index contributed by atoms with van der Waals surface area (Å²) in [5.74, 6) is 0. The molecule has 0 spiro atoms. The topological polar surface area (TPSA) is 21.3 Å². The predicted octanol–water partition coefficient (Wildman–Crippen LogP) is 16.8. The van der Waals surface area contributed by atoms with Crippen LogP contribution in [0.4, 0.5) is 17.1 Å². The first kappa shape index (κ1) is 36.5. The molecule has 0 bridgehead atoms. The van der Waals surface area contributed by atoms with Crippen LogP contribution in [-0.4, -0.2) is 4.57 Å². The quantitative estimate of drug-likeness (QED) is 0.153. The van der Waals surface area contributed by atoms with Crippen molar-refractivity contribution in [3.05, 3.63) is 243 Å². The lowest BCUT2D eigenvalue weighted by atomic mass is 9.96. The Morgan fingerprint density at radius 2 is 0.841 bits per heavy atom. The van der Waals surface area contributed by atoms with Crippen LogP contribution in [0.1, 0.15) is 0 Å². The third-order valence-corrected chi connectivity index (χ3v) is 12.4. The average Bonchev–Trinajstić information content (AvgIpc) is 3.91. The van der Waals surface area contributed by atoms with Gasteiger partial charge in [-0.2, -0.15) is 0 Å². The number of aromatic nitrogens is 1. The molecule has 296 valence electrons. The molecule has 0 amide bonds. The highest BCUT2D eigenvalue weighted by Crippen LogP contribution is 2.45. The highest BCUT2D eigenvalue weighted by atomic mass is 16.3. The van der Waals surface area contributed by atoms with Gasteiger partial charge in [-0.3, -0.25) is 0 Å². The van der Waals surface area contributed by atoms with Gasteiger partial charge in [-0.15, -0.1) is 0 Å². The minimum Gasteiger partial charge on any atom is -0.456 e. The van der Waals surface area contributed by atoms with Crippen LogP contribution >= 0.6 is 0 Å². The highest BCUT2D eigenvalue weighted by molar-refractivity contribution is 6.14. The van der Waals surface area contributed by atoms with E-state index in [0.717, 1.165) is 72.5 Å². The zero-order chi connectivity index (χ0) is 41.7. The monoisotopic (exact) mass is 804 g/mol. The minimum atomic E-state index is 0.881. The Hall–Kier alpha value is -8.40. The van der Waals surface area contributed by atoms with Crippen LogP contribution in [0.25, 0.3) is 93.9 Å².